The third-order valence-corrected chi connectivity index (χ3v) is 3.12. The molecule has 106 valence electrons. The van der Waals surface area contributed by atoms with Gasteiger partial charge >= 0.3 is 6.18 Å². The average molecular weight is 338 g/mol. The number of hydrogen-bond donors (Lipinski definition) is 1. The van der Waals surface area contributed by atoms with Crippen LogP contribution >= 0.6 is 15.9 Å². The van der Waals surface area contributed by atoms with Crippen molar-refractivity contribution < 1.29 is 18.0 Å². The first-order chi connectivity index (χ1) is 8.75. The first kappa shape index (κ1) is 16.0. The largest absolute Gasteiger partial charge is 0.417 e. The van der Waals surface area contributed by atoms with Crippen LogP contribution in [0.25, 0.3) is 0 Å². The van der Waals surface area contributed by atoms with Crippen LogP contribution in [0.15, 0.2) is 22.7 Å². The van der Waals surface area contributed by atoms with E-state index in [1.165, 1.54) is 12.1 Å². The molecule has 1 rings (SSSR count). The zero-order chi connectivity index (χ0) is 14.6. The van der Waals surface area contributed by atoms with E-state index in [1.807, 2.05) is 6.92 Å². The maximum absolute atomic E-state index is 12.9. The van der Waals surface area contributed by atoms with Crippen LogP contribution < -0.4 is 5.32 Å². The first-order valence-electron chi connectivity index (χ1n) is 5.93. The van der Waals surface area contributed by atoms with Gasteiger partial charge < -0.3 is 5.32 Å². The van der Waals surface area contributed by atoms with Crippen molar-refractivity contribution >= 4 is 21.8 Å². The normalized spacial score (nSPS) is 13.2. The molecular weight excluding hydrogens is 323 g/mol. The molecule has 1 aromatic carbocycles. The Balaban J connectivity index is 3.03. The summed E-state index contributed by atoms with van der Waals surface area (Å²) in [4.78, 5) is 11.9. The highest BCUT2D eigenvalue weighted by atomic mass is 79.9. The third-order valence-electron chi connectivity index (χ3n) is 2.63. The molecule has 0 bridgehead atoms. The van der Waals surface area contributed by atoms with Crippen LogP contribution in [-0.2, 0) is 6.18 Å². The molecule has 1 aromatic rings. The molecule has 0 spiro atoms. The van der Waals surface area contributed by atoms with Gasteiger partial charge in [0.15, 0.2) is 0 Å². The highest BCUT2D eigenvalue weighted by Gasteiger charge is 2.35. The van der Waals surface area contributed by atoms with E-state index >= 15 is 0 Å². The predicted octanol–water partition coefficient (Wildman–Crippen LogP) is 4.39. The molecular formula is C13H15BrF3NO. The summed E-state index contributed by atoms with van der Waals surface area (Å²) in [7, 11) is 0. The van der Waals surface area contributed by atoms with Gasteiger partial charge in [-0.25, -0.2) is 0 Å². The Kier molecular flexibility index (Phi) is 5.40. The second kappa shape index (κ2) is 6.41. The number of amides is 1. The van der Waals surface area contributed by atoms with E-state index in [1.54, 1.807) is 6.92 Å². The summed E-state index contributed by atoms with van der Waals surface area (Å²) in [6.07, 6.45) is -2.97. The molecule has 1 amide bonds. The van der Waals surface area contributed by atoms with Crippen molar-refractivity contribution in [1.29, 1.82) is 0 Å². The summed E-state index contributed by atoms with van der Waals surface area (Å²) >= 11 is 2.98. The van der Waals surface area contributed by atoms with Crippen LogP contribution in [0.2, 0.25) is 0 Å². The highest BCUT2D eigenvalue weighted by molar-refractivity contribution is 9.10. The van der Waals surface area contributed by atoms with E-state index in [4.69, 9.17) is 0 Å². The minimum absolute atomic E-state index is 0.151. The van der Waals surface area contributed by atoms with Gasteiger partial charge in [-0.2, -0.15) is 13.2 Å². The number of hydrogen-bond acceptors (Lipinski definition) is 1. The standard InChI is InChI=1S/C13H15BrF3NO/c1-3-4-8(2)18-12(19)10-6-5-9(14)7-11(10)13(15,16)17/h5-8H,3-4H2,1-2H3,(H,18,19). The van der Waals surface area contributed by atoms with E-state index in [2.05, 4.69) is 21.2 Å². The Morgan fingerprint density at radius 1 is 1.42 bits per heavy atom. The maximum Gasteiger partial charge on any atom is 0.417 e. The summed E-state index contributed by atoms with van der Waals surface area (Å²) in [5, 5.41) is 2.57. The molecule has 0 aliphatic rings. The Bertz CT molecular complexity index is 460. The van der Waals surface area contributed by atoms with Crippen molar-refractivity contribution in [2.75, 3.05) is 0 Å². The quantitative estimate of drug-likeness (QED) is 0.867. The molecule has 1 unspecified atom stereocenters. The van der Waals surface area contributed by atoms with Crippen molar-refractivity contribution in [1.82, 2.24) is 5.32 Å². The van der Waals surface area contributed by atoms with Crippen molar-refractivity contribution in [3.63, 3.8) is 0 Å². The summed E-state index contributed by atoms with van der Waals surface area (Å²) in [6.45, 7) is 3.72. The molecule has 2 nitrogen and oxygen atoms in total. The molecule has 0 heterocycles. The Hall–Kier alpha value is -1.04. The lowest BCUT2D eigenvalue weighted by atomic mass is 10.1. The first-order valence-corrected chi connectivity index (χ1v) is 6.72. The van der Waals surface area contributed by atoms with Crippen LogP contribution in [0.3, 0.4) is 0 Å². The number of alkyl halides is 3. The number of rotatable bonds is 4. The summed E-state index contributed by atoms with van der Waals surface area (Å²) in [5.74, 6) is -0.694. The molecule has 19 heavy (non-hydrogen) atoms. The van der Waals surface area contributed by atoms with Gasteiger partial charge in [0, 0.05) is 10.5 Å². The molecule has 0 fully saturated rings. The summed E-state index contributed by atoms with van der Waals surface area (Å²) in [5.41, 5.74) is -1.28. The Morgan fingerprint density at radius 3 is 2.58 bits per heavy atom. The molecule has 0 aliphatic carbocycles. The minimum atomic E-state index is -4.55. The van der Waals surface area contributed by atoms with E-state index in [9.17, 15) is 18.0 Å². The molecule has 0 aromatic heterocycles. The molecule has 0 saturated heterocycles. The number of carbonyl (C=O) groups is 1. The fraction of sp³-hybridized carbons (Fsp3) is 0.462. The van der Waals surface area contributed by atoms with E-state index in [0.717, 1.165) is 18.9 Å². The Morgan fingerprint density at radius 2 is 2.05 bits per heavy atom. The summed E-state index contributed by atoms with van der Waals surface area (Å²) in [6, 6.07) is 3.37. The van der Waals surface area contributed by atoms with E-state index in [-0.39, 0.29) is 16.1 Å². The molecule has 0 aliphatic heterocycles. The van der Waals surface area contributed by atoms with Gasteiger partial charge in [0.1, 0.15) is 0 Å². The molecule has 0 saturated carbocycles. The fourth-order valence-electron chi connectivity index (χ4n) is 1.76. The van der Waals surface area contributed by atoms with Gasteiger partial charge in [0.25, 0.3) is 5.91 Å². The van der Waals surface area contributed by atoms with E-state index < -0.39 is 17.6 Å². The lowest BCUT2D eigenvalue weighted by Crippen LogP contribution is -2.33. The Labute approximate surface area is 118 Å². The third kappa shape index (κ3) is 4.53. The number of carbonyl (C=O) groups excluding carboxylic acids is 1. The van der Waals surface area contributed by atoms with Gasteiger partial charge in [-0.1, -0.05) is 29.3 Å². The van der Waals surface area contributed by atoms with Gasteiger partial charge in [-0.3, -0.25) is 4.79 Å². The van der Waals surface area contributed by atoms with Gasteiger partial charge in [0.05, 0.1) is 11.1 Å². The molecule has 1 atom stereocenters. The van der Waals surface area contributed by atoms with Crippen LogP contribution in [0.1, 0.15) is 42.6 Å². The van der Waals surface area contributed by atoms with Gasteiger partial charge in [0.2, 0.25) is 0 Å². The van der Waals surface area contributed by atoms with Crippen LogP contribution in [0, 0.1) is 0 Å². The van der Waals surface area contributed by atoms with Gasteiger partial charge in [-0.15, -0.1) is 0 Å². The zero-order valence-corrected chi connectivity index (χ0v) is 12.2. The maximum atomic E-state index is 12.9. The zero-order valence-electron chi connectivity index (χ0n) is 10.6. The molecule has 0 radical (unpaired) electrons. The second-order valence-corrected chi connectivity index (χ2v) is 5.27. The number of nitrogens with one attached hydrogen (secondary N) is 1. The lowest BCUT2D eigenvalue weighted by Gasteiger charge is -2.16. The molecule has 1 N–H and O–H groups in total. The van der Waals surface area contributed by atoms with Crippen molar-refractivity contribution in [2.45, 2.75) is 38.9 Å². The smallest absolute Gasteiger partial charge is 0.350 e. The van der Waals surface area contributed by atoms with Crippen LogP contribution in [0.4, 0.5) is 13.2 Å². The fourth-order valence-corrected chi connectivity index (χ4v) is 2.12. The second-order valence-electron chi connectivity index (χ2n) is 4.35. The monoisotopic (exact) mass is 337 g/mol. The minimum Gasteiger partial charge on any atom is -0.350 e. The van der Waals surface area contributed by atoms with E-state index in [0.29, 0.717) is 0 Å². The SMILES string of the molecule is CCCC(C)NC(=O)c1ccc(Br)cc1C(F)(F)F. The van der Waals surface area contributed by atoms with Crippen LogP contribution in [-0.4, -0.2) is 11.9 Å². The average Bonchev–Trinajstić information content (AvgIpc) is 2.27. The van der Waals surface area contributed by atoms with Crippen LogP contribution in [0.5, 0.6) is 0 Å². The number of benzene rings is 1. The number of halogens is 4. The predicted molar refractivity (Wildman–Crippen MR) is 71.0 cm³/mol. The highest BCUT2D eigenvalue weighted by Crippen LogP contribution is 2.33. The van der Waals surface area contributed by atoms with Crippen molar-refractivity contribution in [3.8, 4) is 0 Å². The lowest BCUT2D eigenvalue weighted by molar-refractivity contribution is -0.138. The van der Waals surface area contributed by atoms with Crippen molar-refractivity contribution in [3.05, 3.63) is 33.8 Å². The van der Waals surface area contributed by atoms with Crippen molar-refractivity contribution in [2.24, 2.45) is 0 Å². The van der Waals surface area contributed by atoms with Gasteiger partial charge in [-0.05, 0) is 31.5 Å². The molecule has 6 heteroatoms. The topological polar surface area (TPSA) is 29.1 Å². The summed E-state index contributed by atoms with van der Waals surface area (Å²) < 4.78 is 38.9.